The fourth-order valence-electron chi connectivity index (χ4n) is 5.40. The SMILES string of the molecule is CCCCCc1ccc(-c2ccc(-c3cc(F)c(C(F)(F)Oc4ccc(CCc5cc(F)c(F)c(F)c5)c(F)c4)c(F)c3)c(F)c2)cc1. The number of alkyl halides is 2. The van der Waals surface area contributed by atoms with Crippen LogP contribution in [0.4, 0.5) is 39.5 Å². The van der Waals surface area contributed by atoms with Crippen LogP contribution in [0.5, 0.6) is 5.75 Å². The zero-order valence-corrected chi connectivity index (χ0v) is 25.6. The van der Waals surface area contributed by atoms with Gasteiger partial charge in [0, 0.05) is 11.6 Å². The van der Waals surface area contributed by atoms with Gasteiger partial charge in [-0.15, -0.1) is 0 Å². The molecule has 5 aromatic carbocycles. The molecule has 0 bridgehead atoms. The number of unbranched alkanes of at least 4 members (excludes halogenated alkanes) is 2. The van der Waals surface area contributed by atoms with E-state index in [1.807, 2.05) is 24.3 Å². The third-order valence-electron chi connectivity index (χ3n) is 7.97. The van der Waals surface area contributed by atoms with E-state index in [-0.39, 0.29) is 35.1 Å². The number of ether oxygens (including phenoxy) is 1. The van der Waals surface area contributed by atoms with Crippen molar-refractivity contribution in [2.24, 2.45) is 0 Å². The third-order valence-corrected chi connectivity index (χ3v) is 7.97. The van der Waals surface area contributed by atoms with Crippen molar-refractivity contribution < 1.29 is 44.3 Å². The Hall–Kier alpha value is -4.73. The first-order chi connectivity index (χ1) is 22.9. The molecule has 0 atom stereocenters. The molecule has 5 rings (SSSR count). The van der Waals surface area contributed by atoms with Crippen LogP contribution in [0.2, 0.25) is 0 Å². The summed E-state index contributed by atoms with van der Waals surface area (Å²) in [6.45, 7) is 2.12. The van der Waals surface area contributed by atoms with E-state index in [1.54, 1.807) is 6.07 Å². The molecule has 0 aromatic heterocycles. The Bertz CT molecular complexity index is 1870. The molecule has 0 unspecified atom stereocenters. The molecule has 0 spiro atoms. The van der Waals surface area contributed by atoms with Crippen LogP contribution < -0.4 is 4.74 Å². The second kappa shape index (κ2) is 14.6. The van der Waals surface area contributed by atoms with Gasteiger partial charge in [-0.1, -0.05) is 62.2 Å². The molecule has 0 heterocycles. The van der Waals surface area contributed by atoms with E-state index in [0.29, 0.717) is 23.8 Å². The molecule has 0 aliphatic rings. The van der Waals surface area contributed by atoms with E-state index in [2.05, 4.69) is 11.7 Å². The first-order valence-corrected chi connectivity index (χ1v) is 15.2. The Labute approximate surface area is 271 Å². The normalized spacial score (nSPS) is 11.6. The number of hydrogen-bond donors (Lipinski definition) is 0. The Morgan fingerprint density at radius 2 is 1.15 bits per heavy atom. The van der Waals surface area contributed by atoms with Gasteiger partial charge in [0.1, 0.15) is 34.6 Å². The summed E-state index contributed by atoms with van der Waals surface area (Å²) in [7, 11) is 0. The van der Waals surface area contributed by atoms with Crippen LogP contribution >= 0.6 is 0 Å². The molecule has 0 radical (unpaired) electrons. The number of rotatable bonds is 12. The predicted octanol–water partition coefficient (Wildman–Crippen LogP) is 11.6. The van der Waals surface area contributed by atoms with Crippen molar-refractivity contribution in [3.8, 4) is 28.0 Å². The van der Waals surface area contributed by atoms with Gasteiger partial charge in [0.05, 0.1) is 0 Å². The second-order valence-electron chi connectivity index (χ2n) is 11.4. The van der Waals surface area contributed by atoms with Gasteiger partial charge in [-0.25, -0.2) is 30.7 Å². The molecule has 0 aliphatic carbocycles. The fourth-order valence-corrected chi connectivity index (χ4v) is 5.40. The molecule has 0 fully saturated rings. The summed E-state index contributed by atoms with van der Waals surface area (Å²) in [5.41, 5.74) is 0.0818. The quantitative estimate of drug-likeness (QED) is 0.0728. The molecule has 5 aromatic rings. The number of aryl methyl sites for hydroxylation is 3. The minimum absolute atomic E-state index is 0.0330. The fraction of sp³-hybridized carbons (Fsp3) is 0.211. The molecule has 0 N–H and O–H groups in total. The highest BCUT2D eigenvalue weighted by molar-refractivity contribution is 5.71. The Morgan fingerprint density at radius 3 is 1.75 bits per heavy atom. The van der Waals surface area contributed by atoms with Gasteiger partial charge in [0.2, 0.25) is 0 Å². The zero-order valence-electron chi connectivity index (χ0n) is 25.6. The summed E-state index contributed by atoms with van der Waals surface area (Å²) in [4.78, 5) is 0. The predicted molar refractivity (Wildman–Crippen MR) is 165 cm³/mol. The lowest BCUT2D eigenvalue weighted by atomic mass is 9.97. The van der Waals surface area contributed by atoms with E-state index in [0.717, 1.165) is 61.1 Å². The van der Waals surface area contributed by atoms with Crippen LogP contribution in [0.25, 0.3) is 22.3 Å². The monoisotopic (exact) mass is 672 g/mol. The van der Waals surface area contributed by atoms with Crippen LogP contribution in [0.3, 0.4) is 0 Å². The molecule has 1 nitrogen and oxygen atoms in total. The Kier molecular flexibility index (Phi) is 10.5. The summed E-state index contributed by atoms with van der Waals surface area (Å²) in [5.74, 6) is -10.5. The molecular formula is C38H29F9O. The number of hydrogen-bond acceptors (Lipinski definition) is 1. The van der Waals surface area contributed by atoms with Crippen molar-refractivity contribution in [2.75, 3.05) is 0 Å². The van der Waals surface area contributed by atoms with Crippen molar-refractivity contribution in [1.82, 2.24) is 0 Å². The van der Waals surface area contributed by atoms with Gasteiger partial charge < -0.3 is 4.74 Å². The highest BCUT2D eigenvalue weighted by Crippen LogP contribution is 2.38. The maximum absolute atomic E-state index is 15.2. The van der Waals surface area contributed by atoms with Crippen LogP contribution in [0.1, 0.15) is 48.4 Å². The minimum Gasteiger partial charge on any atom is -0.429 e. The molecule has 0 aliphatic heterocycles. The largest absolute Gasteiger partial charge is 0.432 e. The lowest BCUT2D eigenvalue weighted by Crippen LogP contribution is -2.25. The lowest BCUT2D eigenvalue weighted by Gasteiger charge is -2.20. The molecule has 250 valence electrons. The molecule has 0 saturated carbocycles. The summed E-state index contributed by atoms with van der Waals surface area (Å²) < 4.78 is 135. The Morgan fingerprint density at radius 1 is 0.521 bits per heavy atom. The molecule has 48 heavy (non-hydrogen) atoms. The lowest BCUT2D eigenvalue weighted by molar-refractivity contribution is -0.189. The maximum atomic E-state index is 15.2. The summed E-state index contributed by atoms with van der Waals surface area (Å²) in [5, 5.41) is 0. The molecule has 10 heteroatoms. The van der Waals surface area contributed by atoms with Crippen molar-refractivity contribution in [1.29, 1.82) is 0 Å². The highest BCUT2D eigenvalue weighted by Gasteiger charge is 2.41. The zero-order chi connectivity index (χ0) is 34.6. The molecule has 0 amide bonds. The van der Waals surface area contributed by atoms with E-state index in [4.69, 9.17) is 0 Å². The van der Waals surface area contributed by atoms with Gasteiger partial charge in [0.15, 0.2) is 17.5 Å². The highest BCUT2D eigenvalue weighted by atomic mass is 19.3. The van der Waals surface area contributed by atoms with Crippen LogP contribution in [-0.2, 0) is 25.4 Å². The Balaban J connectivity index is 1.30. The van der Waals surface area contributed by atoms with E-state index in [1.165, 1.54) is 12.1 Å². The van der Waals surface area contributed by atoms with Crippen molar-refractivity contribution in [3.63, 3.8) is 0 Å². The number of halogens is 9. The second-order valence-corrected chi connectivity index (χ2v) is 11.4. The van der Waals surface area contributed by atoms with Gasteiger partial charge in [-0.3, -0.25) is 0 Å². The molecule has 0 saturated heterocycles. The average molecular weight is 673 g/mol. The van der Waals surface area contributed by atoms with Crippen LogP contribution in [0.15, 0.2) is 84.9 Å². The summed E-state index contributed by atoms with van der Waals surface area (Å²) in [6, 6.07) is 16.8. The smallest absolute Gasteiger partial charge is 0.429 e. The van der Waals surface area contributed by atoms with Gasteiger partial charge >= 0.3 is 6.11 Å². The third kappa shape index (κ3) is 7.86. The first-order valence-electron chi connectivity index (χ1n) is 15.2. The standard InChI is InChI=1S/C38H29F9O/c1-2-3-4-5-22-6-9-24(10-7-22)26-13-15-29(31(40)18-26)27-19-32(41)36(33(42)20-27)38(46,47)48-28-14-12-25(30(39)21-28)11-8-23-16-34(43)37(45)35(44)17-23/h6-7,9-10,12-21H,2-5,8,11H2,1H3. The van der Waals surface area contributed by atoms with Crippen molar-refractivity contribution >= 4 is 0 Å². The number of benzene rings is 5. The van der Waals surface area contributed by atoms with Gasteiger partial charge in [-0.2, -0.15) is 8.78 Å². The minimum atomic E-state index is -4.60. The van der Waals surface area contributed by atoms with Gasteiger partial charge in [0.25, 0.3) is 0 Å². The van der Waals surface area contributed by atoms with Crippen molar-refractivity contribution in [3.05, 3.63) is 148 Å². The van der Waals surface area contributed by atoms with Crippen LogP contribution in [0, 0.1) is 40.7 Å². The van der Waals surface area contributed by atoms with Gasteiger partial charge in [-0.05, 0) is 95.5 Å². The van der Waals surface area contributed by atoms with Crippen molar-refractivity contribution in [2.45, 2.75) is 51.6 Å². The van der Waals surface area contributed by atoms with E-state index < -0.39 is 58.1 Å². The first kappa shape index (κ1) is 34.6. The van der Waals surface area contributed by atoms with Crippen LogP contribution in [-0.4, -0.2) is 0 Å². The van der Waals surface area contributed by atoms with E-state index in [9.17, 15) is 17.6 Å². The maximum Gasteiger partial charge on any atom is 0.432 e. The summed E-state index contributed by atoms with van der Waals surface area (Å²) >= 11 is 0. The summed E-state index contributed by atoms with van der Waals surface area (Å²) in [6.07, 6.45) is -0.641. The topological polar surface area (TPSA) is 9.23 Å². The average Bonchev–Trinajstić information content (AvgIpc) is 3.03. The molecular weight excluding hydrogens is 643 g/mol. The van der Waals surface area contributed by atoms with E-state index >= 15 is 22.0 Å².